The Balaban J connectivity index is 2.04. The first kappa shape index (κ1) is 12.1. The molecule has 2 heterocycles. The van der Waals surface area contributed by atoms with Crippen LogP contribution in [0.5, 0.6) is 0 Å². The predicted octanol–water partition coefficient (Wildman–Crippen LogP) is 2.16. The summed E-state index contributed by atoms with van der Waals surface area (Å²) in [7, 11) is 0. The topological polar surface area (TPSA) is 46.1 Å². The van der Waals surface area contributed by atoms with E-state index >= 15 is 0 Å². The summed E-state index contributed by atoms with van der Waals surface area (Å²) in [6.07, 6.45) is 1.09. The smallest absolute Gasteiger partial charge is 0.284 e. The van der Waals surface area contributed by atoms with Crippen LogP contribution >= 0.6 is 34.7 Å². The SMILES string of the molecule is CCC1CN(C(=O)c2nnc(Cl)s2)CCS1. The van der Waals surface area contributed by atoms with E-state index in [0.717, 1.165) is 36.6 Å². The van der Waals surface area contributed by atoms with Gasteiger partial charge in [0.25, 0.3) is 5.91 Å². The molecule has 1 aromatic heterocycles. The number of carbonyl (C=O) groups is 1. The standard InChI is InChI=1S/C9H12ClN3OS2/c1-2-6-5-13(3-4-15-6)8(14)7-11-12-9(10)16-7/h6H,2-5H2,1H3. The minimum Gasteiger partial charge on any atom is -0.335 e. The Morgan fingerprint density at radius 3 is 3.06 bits per heavy atom. The van der Waals surface area contributed by atoms with Crippen LogP contribution in [-0.4, -0.2) is 45.1 Å². The van der Waals surface area contributed by atoms with E-state index < -0.39 is 0 Å². The van der Waals surface area contributed by atoms with Crippen molar-refractivity contribution in [3.05, 3.63) is 9.47 Å². The van der Waals surface area contributed by atoms with Crippen LogP contribution in [0.25, 0.3) is 0 Å². The molecule has 4 nitrogen and oxygen atoms in total. The summed E-state index contributed by atoms with van der Waals surface area (Å²) >= 11 is 8.75. The Kier molecular flexibility index (Phi) is 4.05. The van der Waals surface area contributed by atoms with Gasteiger partial charge < -0.3 is 4.90 Å². The zero-order chi connectivity index (χ0) is 11.5. The summed E-state index contributed by atoms with van der Waals surface area (Å²) in [6, 6.07) is 0. The van der Waals surface area contributed by atoms with Gasteiger partial charge in [0.15, 0.2) is 0 Å². The summed E-state index contributed by atoms with van der Waals surface area (Å²) < 4.78 is 0.321. The van der Waals surface area contributed by atoms with Gasteiger partial charge in [-0.2, -0.15) is 11.8 Å². The molecule has 0 spiro atoms. The van der Waals surface area contributed by atoms with E-state index in [1.54, 1.807) is 0 Å². The molecule has 1 amide bonds. The maximum absolute atomic E-state index is 12.0. The highest BCUT2D eigenvalue weighted by atomic mass is 35.5. The maximum atomic E-state index is 12.0. The van der Waals surface area contributed by atoms with Gasteiger partial charge in [-0.05, 0) is 18.0 Å². The Labute approximate surface area is 107 Å². The molecule has 1 atom stereocenters. The van der Waals surface area contributed by atoms with Gasteiger partial charge in [-0.3, -0.25) is 4.79 Å². The van der Waals surface area contributed by atoms with E-state index in [1.165, 1.54) is 0 Å². The monoisotopic (exact) mass is 277 g/mol. The molecule has 0 aromatic carbocycles. The molecule has 1 aliphatic heterocycles. The number of halogens is 1. The molecule has 1 unspecified atom stereocenters. The van der Waals surface area contributed by atoms with E-state index in [-0.39, 0.29) is 5.91 Å². The first-order chi connectivity index (χ1) is 7.70. The van der Waals surface area contributed by atoms with Gasteiger partial charge >= 0.3 is 0 Å². The van der Waals surface area contributed by atoms with Crippen molar-refractivity contribution in [2.45, 2.75) is 18.6 Å². The van der Waals surface area contributed by atoms with Gasteiger partial charge in [0.2, 0.25) is 9.47 Å². The number of nitrogens with zero attached hydrogens (tertiary/aromatic N) is 3. The third-order valence-corrected chi connectivity index (χ3v) is 4.84. The quantitative estimate of drug-likeness (QED) is 0.831. The molecule has 7 heteroatoms. The third kappa shape index (κ3) is 2.67. The van der Waals surface area contributed by atoms with Crippen molar-refractivity contribution in [1.29, 1.82) is 0 Å². The van der Waals surface area contributed by atoms with Crippen molar-refractivity contribution < 1.29 is 4.79 Å². The maximum Gasteiger partial charge on any atom is 0.284 e. The van der Waals surface area contributed by atoms with Gasteiger partial charge in [0, 0.05) is 24.1 Å². The van der Waals surface area contributed by atoms with Crippen LogP contribution in [0.4, 0.5) is 0 Å². The number of thioether (sulfide) groups is 1. The molecule has 1 saturated heterocycles. The molecule has 1 fully saturated rings. The molecule has 1 aromatic rings. The third-order valence-electron chi connectivity index (χ3n) is 2.46. The molecule has 0 radical (unpaired) electrons. The summed E-state index contributed by atoms with van der Waals surface area (Å²) in [5.41, 5.74) is 0. The van der Waals surface area contributed by atoms with Crippen molar-refractivity contribution in [2.24, 2.45) is 0 Å². The number of rotatable bonds is 2. The highest BCUT2D eigenvalue weighted by Gasteiger charge is 2.25. The van der Waals surface area contributed by atoms with E-state index in [1.807, 2.05) is 16.7 Å². The number of hydrogen-bond donors (Lipinski definition) is 0. The van der Waals surface area contributed by atoms with Crippen LogP contribution in [0.2, 0.25) is 4.47 Å². The average molecular weight is 278 g/mol. The van der Waals surface area contributed by atoms with E-state index in [4.69, 9.17) is 11.6 Å². The molecule has 88 valence electrons. The largest absolute Gasteiger partial charge is 0.335 e. The molecule has 0 bridgehead atoms. The molecule has 0 N–H and O–H groups in total. The molecule has 1 aliphatic rings. The second kappa shape index (κ2) is 5.33. The number of hydrogen-bond acceptors (Lipinski definition) is 5. The van der Waals surface area contributed by atoms with Crippen LogP contribution in [0.15, 0.2) is 0 Å². The number of amides is 1. The van der Waals surface area contributed by atoms with Crippen LogP contribution in [0.1, 0.15) is 23.1 Å². The minimum absolute atomic E-state index is 0.0387. The highest BCUT2D eigenvalue weighted by Crippen LogP contribution is 2.23. The van der Waals surface area contributed by atoms with Crippen LogP contribution < -0.4 is 0 Å². The van der Waals surface area contributed by atoms with Gasteiger partial charge in [-0.25, -0.2) is 0 Å². The van der Waals surface area contributed by atoms with E-state index in [2.05, 4.69) is 17.1 Å². The molecular formula is C9H12ClN3OS2. The second-order valence-corrected chi connectivity index (χ2v) is 6.48. The average Bonchev–Trinajstić information content (AvgIpc) is 2.75. The fourth-order valence-electron chi connectivity index (χ4n) is 1.58. The Hall–Kier alpha value is -0.330. The highest BCUT2D eigenvalue weighted by molar-refractivity contribution is 8.00. The Morgan fingerprint density at radius 1 is 1.62 bits per heavy atom. The summed E-state index contributed by atoms with van der Waals surface area (Å²) in [5.74, 6) is 0.958. The molecule has 16 heavy (non-hydrogen) atoms. The molecule has 0 aliphatic carbocycles. The van der Waals surface area contributed by atoms with Crippen molar-refractivity contribution in [3.63, 3.8) is 0 Å². The summed E-state index contributed by atoms with van der Waals surface area (Å²) in [5, 5.41) is 8.37. The normalized spacial score (nSPS) is 21.1. The Bertz CT molecular complexity index is 385. The van der Waals surface area contributed by atoms with E-state index in [9.17, 15) is 4.79 Å². The summed E-state index contributed by atoms with van der Waals surface area (Å²) in [4.78, 5) is 13.9. The predicted molar refractivity (Wildman–Crippen MR) is 67.4 cm³/mol. The molecular weight excluding hydrogens is 266 g/mol. The van der Waals surface area contributed by atoms with Crippen molar-refractivity contribution in [3.8, 4) is 0 Å². The minimum atomic E-state index is -0.0387. The lowest BCUT2D eigenvalue weighted by atomic mass is 10.3. The summed E-state index contributed by atoms with van der Waals surface area (Å²) in [6.45, 7) is 3.74. The molecule has 0 saturated carbocycles. The van der Waals surface area contributed by atoms with Crippen LogP contribution in [0, 0.1) is 0 Å². The van der Waals surface area contributed by atoms with Gasteiger partial charge in [-0.1, -0.05) is 18.3 Å². The van der Waals surface area contributed by atoms with Crippen molar-refractivity contribution in [1.82, 2.24) is 15.1 Å². The lowest BCUT2D eigenvalue weighted by Crippen LogP contribution is -2.41. The lowest BCUT2D eigenvalue weighted by molar-refractivity contribution is 0.0759. The van der Waals surface area contributed by atoms with Gasteiger partial charge in [0.1, 0.15) is 0 Å². The van der Waals surface area contributed by atoms with Crippen molar-refractivity contribution in [2.75, 3.05) is 18.8 Å². The first-order valence-corrected chi connectivity index (χ1v) is 7.35. The van der Waals surface area contributed by atoms with Crippen molar-refractivity contribution >= 4 is 40.6 Å². The van der Waals surface area contributed by atoms with Crippen LogP contribution in [0.3, 0.4) is 0 Å². The second-order valence-electron chi connectivity index (χ2n) is 3.51. The first-order valence-electron chi connectivity index (χ1n) is 5.10. The lowest BCUT2D eigenvalue weighted by Gasteiger charge is -2.31. The van der Waals surface area contributed by atoms with Gasteiger partial charge in [-0.15, -0.1) is 10.2 Å². The van der Waals surface area contributed by atoms with E-state index in [0.29, 0.717) is 14.7 Å². The Morgan fingerprint density at radius 2 is 2.44 bits per heavy atom. The zero-order valence-electron chi connectivity index (χ0n) is 8.85. The fourth-order valence-corrected chi connectivity index (χ4v) is 3.55. The zero-order valence-corrected chi connectivity index (χ0v) is 11.2. The van der Waals surface area contributed by atoms with Crippen LogP contribution in [-0.2, 0) is 0 Å². The number of aromatic nitrogens is 2. The fraction of sp³-hybridized carbons (Fsp3) is 0.667. The van der Waals surface area contributed by atoms with Gasteiger partial charge in [0.05, 0.1) is 0 Å². The molecule has 2 rings (SSSR count). The number of carbonyl (C=O) groups excluding carboxylic acids is 1.